The second kappa shape index (κ2) is 9.01. The van der Waals surface area contributed by atoms with Crippen molar-refractivity contribution in [2.24, 2.45) is 0 Å². The van der Waals surface area contributed by atoms with E-state index in [-0.39, 0.29) is 12.5 Å². The molecule has 2 aromatic carbocycles. The minimum Gasteiger partial charge on any atom is -0.497 e. The molecule has 2 heterocycles. The van der Waals surface area contributed by atoms with Crippen molar-refractivity contribution in [2.75, 3.05) is 13.7 Å². The van der Waals surface area contributed by atoms with Crippen molar-refractivity contribution in [1.82, 2.24) is 5.32 Å². The number of ether oxygens (including phenoxy) is 5. The van der Waals surface area contributed by atoms with Gasteiger partial charge in [-0.2, -0.15) is 0 Å². The molecule has 4 rings (SSSR count). The van der Waals surface area contributed by atoms with Crippen LogP contribution in [-0.4, -0.2) is 55.4 Å². The lowest BCUT2D eigenvalue weighted by molar-refractivity contribution is -0.333. The first kappa shape index (κ1) is 20.6. The molecule has 2 N–H and O–H groups in total. The molecule has 1 amide bonds. The number of hydrogen-bond acceptors (Lipinski definition) is 7. The number of methoxy groups -OCH3 is 1. The first-order chi connectivity index (χ1) is 14.5. The highest BCUT2D eigenvalue weighted by Gasteiger charge is 2.50. The molecule has 2 aliphatic heterocycles. The summed E-state index contributed by atoms with van der Waals surface area (Å²) in [5, 5.41) is 13.8. The zero-order chi connectivity index (χ0) is 21.1. The van der Waals surface area contributed by atoms with E-state index < -0.39 is 36.9 Å². The largest absolute Gasteiger partial charge is 0.497 e. The molecule has 0 saturated carbocycles. The smallest absolute Gasteiger partial charge is 0.223 e. The summed E-state index contributed by atoms with van der Waals surface area (Å²) in [6.45, 7) is 1.59. The summed E-state index contributed by atoms with van der Waals surface area (Å²) in [5.74, 6) is 0.893. The zero-order valence-electron chi connectivity index (χ0n) is 16.8. The third-order valence-electron chi connectivity index (χ3n) is 5.12. The third-order valence-corrected chi connectivity index (χ3v) is 5.12. The molecule has 0 radical (unpaired) electrons. The van der Waals surface area contributed by atoms with Gasteiger partial charge in [-0.25, -0.2) is 0 Å². The second-order valence-corrected chi connectivity index (χ2v) is 7.23. The molecule has 8 heteroatoms. The number of hydrogen-bond donors (Lipinski definition) is 2. The molecule has 0 spiro atoms. The Labute approximate surface area is 174 Å². The highest BCUT2D eigenvalue weighted by atomic mass is 16.7. The van der Waals surface area contributed by atoms with Crippen LogP contribution in [0.25, 0.3) is 0 Å². The molecule has 30 heavy (non-hydrogen) atoms. The Morgan fingerprint density at radius 1 is 1.07 bits per heavy atom. The molecule has 2 saturated heterocycles. The monoisotopic (exact) mass is 415 g/mol. The Kier molecular flexibility index (Phi) is 6.19. The molecule has 0 aromatic heterocycles. The Morgan fingerprint density at radius 3 is 2.43 bits per heavy atom. The van der Waals surface area contributed by atoms with E-state index in [2.05, 4.69) is 5.32 Å². The lowest BCUT2D eigenvalue weighted by Crippen LogP contribution is -2.67. The molecule has 160 valence electrons. The van der Waals surface area contributed by atoms with E-state index in [1.807, 2.05) is 30.3 Å². The van der Waals surface area contributed by atoms with E-state index in [1.165, 1.54) is 6.92 Å². The van der Waals surface area contributed by atoms with Crippen LogP contribution in [0.5, 0.6) is 11.5 Å². The number of carbonyl (C=O) groups is 1. The quantitative estimate of drug-likeness (QED) is 0.769. The van der Waals surface area contributed by atoms with Crippen LogP contribution in [0, 0.1) is 0 Å². The summed E-state index contributed by atoms with van der Waals surface area (Å²) in [7, 11) is 1.58. The van der Waals surface area contributed by atoms with Crippen LogP contribution in [-0.2, 0) is 19.0 Å². The maximum absolute atomic E-state index is 11.8. The van der Waals surface area contributed by atoms with Crippen molar-refractivity contribution in [3.63, 3.8) is 0 Å². The summed E-state index contributed by atoms with van der Waals surface area (Å²) in [6, 6.07) is 15.6. The number of rotatable bonds is 5. The summed E-state index contributed by atoms with van der Waals surface area (Å²) in [6.07, 6.45) is -3.82. The average Bonchev–Trinajstić information content (AvgIpc) is 2.77. The number of amides is 1. The van der Waals surface area contributed by atoms with E-state index in [1.54, 1.807) is 31.4 Å². The van der Waals surface area contributed by atoms with Gasteiger partial charge in [0, 0.05) is 12.5 Å². The molecule has 0 bridgehead atoms. The first-order valence-electron chi connectivity index (χ1n) is 9.78. The van der Waals surface area contributed by atoms with Crippen molar-refractivity contribution in [3.8, 4) is 11.5 Å². The maximum Gasteiger partial charge on any atom is 0.223 e. The van der Waals surface area contributed by atoms with E-state index in [4.69, 9.17) is 23.7 Å². The Hall–Kier alpha value is -2.65. The molecular formula is C22H25NO7. The highest BCUT2D eigenvalue weighted by Crippen LogP contribution is 2.35. The summed E-state index contributed by atoms with van der Waals surface area (Å²) >= 11 is 0. The van der Waals surface area contributed by atoms with Gasteiger partial charge in [0.1, 0.15) is 35.9 Å². The summed E-state index contributed by atoms with van der Waals surface area (Å²) in [4.78, 5) is 11.8. The Bertz CT molecular complexity index is 844. The Morgan fingerprint density at radius 2 is 1.77 bits per heavy atom. The van der Waals surface area contributed by atoms with Gasteiger partial charge in [0.15, 0.2) is 6.29 Å². The molecule has 8 nitrogen and oxygen atoms in total. The van der Waals surface area contributed by atoms with Crippen molar-refractivity contribution < 1.29 is 33.6 Å². The number of fused-ring (bicyclic) bond motifs is 1. The molecule has 0 aliphatic carbocycles. The van der Waals surface area contributed by atoms with Gasteiger partial charge in [0.2, 0.25) is 12.2 Å². The van der Waals surface area contributed by atoms with Crippen LogP contribution in [0.4, 0.5) is 0 Å². The number of nitrogens with one attached hydrogen (secondary N) is 1. The molecule has 2 fully saturated rings. The van der Waals surface area contributed by atoms with Crippen LogP contribution >= 0.6 is 0 Å². The predicted molar refractivity (Wildman–Crippen MR) is 106 cm³/mol. The van der Waals surface area contributed by atoms with Gasteiger partial charge >= 0.3 is 0 Å². The van der Waals surface area contributed by atoms with E-state index >= 15 is 0 Å². The van der Waals surface area contributed by atoms with Crippen LogP contribution < -0.4 is 14.8 Å². The lowest BCUT2D eigenvalue weighted by atomic mass is 9.95. The van der Waals surface area contributed by atoms with Crippen molar-refractivity contribution in [3.05, 3.63) is 60.2 Å². The first-order valence-corrected chi connectivity index (χ1v) is 9.78. The topological polar surface area (TPSA) is 95.5 Å². The number of benzene rings is 2. The van der Waals surface area contributed by atoms with Gasteiger partial charge in [-0.3, -0.25) is 4.79 Å². The average molecular weight is 415 g/mol. The van der Waals surface area contributed by atoms with Gasteiger partial charge in [-0.05, 0) is 24.3 Å². The van der Waals surface area contributed by atoms with Gasteiger partial charge in [-0.15, -0.1) is 0 Å². The number of aliphatic hydroxyl groups is 1. The van der Waals surface area contributed by atoms with Crippen LogP contribution in [0.3, 0.4) is 0 Å². The van der Waals surface area contributed by atoms with Gasteiger partial charge < -0.3 is 34.1 Å². The lowest BCUT2D eigenvalue weighted by Gasteiger charge is -2.47. The maximum atomic E-state index is 11.8. The van der Waals surface area contributed by atoms with Crippen LogP contribution in [0.1, 0.15) is 18.8 Å². The highest BCUT2D eigenvalue weighted by molar-refractivity contribution is 5.73. The van der Waals surface area contributed by atoms with Crippen LogP contribution in [0.15, 0.2) is 54.6 Å². The molecule has 2 aliphatic rings. The Balaban J connectivity index is 1.51. The zero-order valence-corrected chi connectivity index (χ0v) is 16.8. The van der Waals surface area contributed by atoms with Gasteiger partial charge in [0.25, 0.3) is 0 Å². The molecule has 2 aromatic rings. The number of carbonyl (C=O) groups excluding carboxylic acids is 1. The molecular weight excluding hydrogens is 390 g/mol. The fourth-order valence-electron chi connectivity index (χ4n) is 3.65. The normalized spacial score (nSPS) is 30.8. The van der Waals surface area contributed by atoms with Crippen molar-refractivity contribution in [1.29, 1.82) is 0 Å². The van der Waals surface area contributed by atoms with E-state index in [9.17, 15) is 9.90 Å². The standard InChI is InChI=1S/C22H25NO7/c1-13(24)23-18-19(25)20-17(12-27-21(30-20)14-6-4-3-5-7-14)29-22(18)28-16-10-8-15(26-2)9-11-16/h3-11,17-22,25H,12H2,1-2H3,(H,23,24)/t17-,18-,19-,20-,21-,22-/m1/s1. The second-order valence-electron chi connectivity index (χ2n) is 7.23. The molecule has 0 unspecified atom stereocenters. The van der Waals surface area contributed by atoms with Gasteiger partial charge in [0.05, 0.1) is 13.7 Å². The van der Waals surface area contributed by atoms with Crippen molar-refractivity contribution >= 4 is 5.91 Å². The van der Waals surface area contributed by atoms with E-state index in [0.717, 1.165) is 5.56 Å². The third kappa shape index (κ3) is 4.41. The van der Waals surface area contributed by atoms with E-state index in [0.29, 0.717) is 11.5 Å². The molecule has 6 atom stereocenters. The predicted octanol–water partition coefficient (Wildman–Crippen LogP) is 1.78. The summed E-state index contributed by atoms with van der Waals surface area (Å²) < 4.78 is 28.9. The SMILES string of the molecule is COc1ccc(O[C@@H]2O[C@@H]3CO[C@@H](c4ccccc4)O[C@H]3[C@H](O)[C@H]2NC(C)=O)cc1. The minimum absolute atomic E-state index is 0.219. The fourth-order valence-corrected chi connectivity index (χ4v) is 3.65. The fraction of sp³-hybridized carbons (Fsp3) is 0.409. The minimum atomic E-state index is -1.05. The summed E-state index contributed by atoms with van der Waals surface area (Å²) in [5.41, 5.74) is 0.843. The van der Waals surface area contributed by atoms with Gasteiger partial charge in [-0.1, -0.05) is 30.3 Å². The number of aliphatic hydroxyl groups excluding tert-OH is 1. The van der Waals surface area contributed by atoms with Crippen molar-refractivity contribution in [2.45, 2.75) is 43.9 Å². The van der Waals surface area contributed by atoms with Crippen LogP contribution in [0.2, 0.25) is 0 Å².